The average Bonchev–Trinajstić information content (AvgIpc) is 3.85. The Morgan fingerprint density at radius 1 is 0.500 bits per heavy atom. The van der Waals surface area contributed by atoms with Crippen molar-refractivity contribution in [3.8, 4) is 34.3 Å². The molecule has 0 saturated heterocycles. The number of pyridine rings is 3. The zero-order valence-corrected chi connectivity index (χ0v) is 28.6. The Bertz CT molecular complexity index is 3190. The molecule has 10 aromatic rings. The van der Waals surface area contributed by atoms with Crippen molar-refractivity contribution >= 4 is 49.3 Å². The Morgan fingerprint density at radius 3 is 1.72 bits per heavy atom. The minimum atomic E-state index is -0.796. The van der Waals surface area contributed by atoms with Crippen LogP contribution in [0.1, 0.15) is 22.3 Å². The molecule has 0 unspecified atom stereocenters. The molecule has 0 amide bonds. The maximum absolute atomic E-state index is 7.70. The number of benzene rings is 5. The van der Waals surface area contributed by atoms with Gasteiger partial charge in [0.1, 0.15) is 11.5 Å². The molecule has 5 aromatic carbocycles. The molecule has 0 saturated carbocycles. The Balaban J connectivity index is 1.19. The number of para-hydroxylation sites is 2. The smallest absolute Gasteiger partial charge is 0.188 e. The average molecular weight is 691 g/mol. The molecule has 0 N–H and O–H groups in total. The first kappa shape index (κ1) is 29.1. The van der Waals surface area contributed by atoms with Crippen molar-refractivity contribution in [2.75, 3.05) is 0 Å². The summed E-state index contributed by atoms with van der Waals surface area (Å²) in [5, 5.41) is 4.47. The topological polar surface area (TPSA) is 62.1 Å². The Labute approximate surface area is 308 Å². The minimum Gasteiger partial charge on any atom is -0.457 e. The van der Waals surface area contributed by atoms with Gasteiger partial charge in [-0.15, -0.1) is 0 Å². The Hall–Kier alpha value is -7.56. The highest BCUT2D eigenvalue weighted by atomic mass is 16.5. The van der Waals surface area contributed by atoms with Gasteiger partial charge in [-0.25, -0.2) is 4.85 Å². The van der Waals surface area contributed by atoms with Crippen LogP contribution >= 0.6 is 0 Å². The lowest BCUT2D eigenvalue weighted by Gasteiger charge is -2.39. The van der Waals surface area contributed by atoms with Gasteiger partial charge in [0.2, 0.25) is 0 Å². The molecule has 7 heteroatoms. The molecule has 5 aromatic heterocycles. The first-order valence-corrected chi connectivity index (χ1v) is 17.9. The maximum Gasteiger partial charge on any atom is 0.188 e. The molecule has 7 nitrogen and oxygen atoms in total. The van der Waals surface area contributed by atoms with Gasteiger partial charge in [0.05, 0.1) is 51.6 Å². The summed E-state index contributed by atoms with van der Waals surface area (Å²) in [4.78, 5) is 18.2. The number of aromatic nitrogens is 5. The first-order valence-electron chi connectivity index (χ1n) is 17.9. The summed E-state index contributed by atoms with van der Waals surface area (Å²) in [5.74, 6) is 1.57. The van der Waals surface area contributed by atoms with E-state index in [1.165, 1.54) is 5.39 Å². The third kappa shape index (κ3) is 3.61. The fourth-order valence-corrected chi connectivity index (χ4v) is 9.27. The molecule has 2 aliphatic rings. The lowest BCUT2D eigenvalue weighted by atomic mass is 9.66. The van der Waals surface area contributed by atoms with Crippen molar-refractivity contribution in [2.45, 2.75) is 5.41 Å². The van der Waals surface area contributed by atoms with E-state index in [9.17, 15) is 0 Å². The second-order valence-electron chi connectivity index (χ2n) is 13.9. The number of hydrogen-bond donors (Lipinski definition) is 0. The molecule has 1 aliphatic carbocycles. The van der Waals surface area contributed by atoms with Crippen LogP contribution in [0.4, 0.5) is 5.69 Å². The van der Waals surface area contributed by atoms with Gasteiger partial charge in [-0.05, 0) is 95.4 Å². The van der Waals surface area contributed by atoms with E-state index in [2.05, 4.69) is 128 Å². The molecule has 6 heterocycles. The quantitative estimate of drug-likeness (QED) is 0.169. The summed E-state index contributed by atoms with van der Waals surface area (Å²) in [7, 11) is 0. The van der Waals surface area contributed by atoms with E-state index in [4.69, 9.17) is 21.3 Å². The van der Waals surface area contributed by atoms with Gasteiger partial charge in [-0.2, -0.15) is 0 Å². The SMILES string of the molecule is [C-]#[N+]c1ccc2c(c1)c1ccccc1n2-c1ccc2c(c1)C1(c3cc(-n4c5ccccc5c5ccncc54)ccc3O2)c2cccnc2-c2ncccc21. The van der Waals surface area contributed by atoms with Crippen LogP contribution in [0.3, 0.4) is 0 Å². The molecule has 1 aliphatic heterocycles. The summed E-state index contributed by atoms with van der Waals surface area (Å²) < 4.78 is 11.5. The van der Waals surface area contributed by atoms with Crippen molar-refractivity contribution in [2.24, 2.45) is 0 Å². The molecule has 12 rings (SSSR count). The zero-order chi connectivity index (χ0) is 35.5. The predicted molar refractivity (Wildman–Crippen MR) is 212 cm³/mol. The van der Waals surface area contributed by atoms with Crippen molar-refractivity contribution in [1.82, 2.24) is 24.1 Å². The zero-order valence-electron chi connectivity index (χ0n) is 28.6. The molecular weight excluding hydrogens is 665 g/mol. The largest absolute Gasteiger partial charge is 0.457 e. The fraction of sp³-hybridized carbons (Fsp3) is 0.0213. The van der Waals surface area contributed by atoms with Gasteiger partial charge >= 0.3 is 0 Å². The van der Waals surface area contributed by atoms with E-state index in [0.29, 0.717) is 5.69 Å². The molecule has 0 bridgehead atoms. The summed E-state index contributed by atoms with van der Waals surface area (Å²) in [6.07, 6.45) is 7.51. The standard InChI is InChI=1S/C47H26N6O/c1-48-28-14-17-41-34(24-28)32-9-3-5-13-40(32)52(41)29-15-18-43-37(25-29)47(35-10-6-21-50-45(35)46-36(47)11-7-22-51-46)38-26-30(16-19-44(38)54-43)53-39-12-4-2-8-31(39)33-20-23-49-27-42(33)53/h2-27H. The van der Waals surface area contributed by atoms with Crippen molar-refractivity contribution < 1.29 is 4.74 Å². The van der Waals surface area contributed by atoms with E-state index in [-0.39, 0.29) is 0 Å². The molecule has 0 fully saturated rings. The number of ether oxygens (including phenoxy) is 1. The molecule has 250 valence electrons. The highest BCUT2D eigenvalue weighted by Gasteiger charge is 2.52. The second kappa shape index (κ2) is 10.5. The highest BCUT2D eigenvalue weighted by Crippen LogP contribution is 2.62. The Kier molecular flexibility index (Phi) is 5.65. The number of nitrogens with zero attached hydrogens (tertiary/aromatic N) is 6. The van der Waals surface area contributed by atoms with E-state index in [0.717, 1.165) is 94.7 Å². The van der Waals surface area contributed by atoms with Crippen LogP contribution in [0.5, 0.6) is 11.5 Å². The molecule has 54 heavy (non-hydrogen) atoms. The number of rotatable bonds is 2. The third-order valence-electron chi connectivity index (χ3n) is 11.4. The van der Waals surface area contributed by atoms with Crippen LogP contribution < -0.4 is 4.74 Å². The summed E-state index contributed by atoms with van der Waals surface area (Å²) in [6.45, 7) is 7.70. The monoisotopic (exact) mass is 690 g/mol. The maximum atomic E-state index is 7.70. The van der Waals surface area contributed by atoms with E-state index >= 15 is 0 Å². The molecule has 1 spiro atoms. The van der Waals surface area contributed by atoms with Gasteiger partial charge < -0.3 is 13.9 Å². The normalized spacial score (nSPS) is 13.5. The van der Waals surface area contributed by atoms with Gasteiger partial charge in [0.25, 0.3) is 0 Å². The lowest BCUT2D eigenvalue weighted by molar-refractivity contribution is 0.436. The van der Waals surface area contributed by atoms with Gasteiger partial charge in [-0.3, -0.25) is 15.0 Å². The van der Waals surface area contributed by atoms with Crippen LogP contribution in [-0.4, -0.2) is 24.1 Å². The van der Waals surface area contributed by atoms with Crippen LogP contribution in [0.2, 0.25) is 0 Å². The third-order valence-corrected chi connectivity index (χ3v) is 11.4. The van der Waals surface area contributed by atoms with Gasteiger partial charge in [-0.1, -0.05) is 54.6 Å². The van der Waals surface area contributed by atoms with Gasteiger partial charge in [0.15, 0.2) is 5.69 Å². The van der Waals surface area contributed by atoms with E-state index < -0.39 is 5.41 Å². The van der Waals surface area contributed by atoms with Crippen LogP contribution in [0, 0.1) is 6.57 Å². The number of hydrogen-bond acceptors (Lipinski definition) is 4. The minimum absolute atomic E-state index is 0.619. The predicted octanol–water partition coefficient (Wildman–Crippen LogP) is 11.1. The van der Waals surface area contributed by atoms with Crippen molar-refractivity contribution in [3.63, 3.8) is 0 Å². The fourth-order valence-electron chi connectivity index (χ4n) is 9.27. The summed E-state index contributed by atoms with van der Waals surface area (Å²) in [5.41, 5.74) is 12.0. The molecule has 0 atom stereocenters. The van der Waals surface area contributed by atoms with Crippen LogP contribution in [-0.2, 0) is 5.41 Å². The van der Waals surface area contributed by atoms with Crippen molar-refractivity contribution in [3.05, 3.63) is 192 Å². The first-order chi connectivity index (χ1) is 26.7. The number of fused-ring (bicyclic) bond motifs is 15. The second-order valence-corrected chi connectivity index (χ2v) is 13.9. The highest BCUT2D eigenvalue weighted by molar-refractivity contribution is 6.11. The molecule has 0 radical (unpaired) electrons. The molecular formula is C47H26N6O. The van der Waals surface area contributed by atoms with Crippen molar-refractivity contribution in [1.29, 1.82) is 0 Å². The summed E-state index contributed by atoms with van der Waals surface area (Å²) in [6, 6.07) is 46.4. The van der Waals surface area contributed by atoms with E-state index in [1.54, 1.807) is 0 Å². The van der Waals surface area contributed by atoms with Gasteiger partial charge in [0, 0.05) is 57.3 Å². The van der Waals surface area contributed by atoms with Crippen LogP contribution in [0.15, 0.2) is 158 Å². The van der Waals surface area contributed by atoms with E-state index in [1.807, 2.05) is 49.1 Å². The van der Waals surface area contributed by atoms with Crippen LogP contribution in [0.25, 0.3) is 71.2 Å². The lowest BCUT2D eigenvalue weighted by Crippen LogP contribution is -2.32. The summed E-state index contributed by atoms with van der Waals surface area (Å²) >= 11 is 0. The Morgan fingerprint density at radius 2 is 1.07 bits per heavy atom.